The van der Waals surface area contributed by atoms with Crippen LogP contribution in [0.4, 0.5) is 0 Å². The second-order valence-corrected chi connectivity index (χ2v) is 23.5. The van der Waals surface area contributed by atoms with E-state index in [1.165, 1.54) is 270 Å². The molecule has 6 heteroatoms. The summed E-state index contributed by atoms with van der Waals surface area (Å²) < 4.78 is 5.50. The zero-order chi connectivity index (χ0) is 55.7. The van der Waals surface area contributed by atoms with Gasteiger partial charge in [-0.25, -0.2) is 0 Å². The third kappa shape index (κ3) is 62.9. The number of amides is 1. The molecule has 0 bridgehead atoms. The number of carbonyl (C=O) groups is 2. The molecule has 0 aromatic heterocycles. The number of ether oxygens (including phenoxy) is 1. The van der Waals surface area contributed by atoms with E-state index in [-0.39, 0.29) is 18.5 Å². The smallest absolute Gasteiger partial charge is 0.305 e. The summed E-state index contributed by atoms with van der Waals surface area (Å²) in [6, 6.07) is -0.551. The zero-order valence-corrected chi connectivity index (χ0v) is 51.7. The summed E-state index contributed by atoms with van der Waals surface area (Å²) in [5.74, 6) is -0.0395. The van der Waals surface area contributed by atoms with E-state index in [0.29, 0.717) is 25.9 Å². The molecule has 0 aliphatic heterocycles. The van der Waals surface area contributed by atoms with Gasteiger partial charge in [-0.1, -0.05) is 313 Å². The van der Waals surface area contributed by atoms with Crippen LogP contribution in [0.2, 0.25) is 0 Å². The first-order valence-corrected chi connectivity index (χ1v) is 34.4. The third-order valence-electron chi connectivity index (χ3n) is 15.9. The Labute approximate surface area is 480 Å². The number of aliphatic hydroxyl groups excluding tert-OH is 2. The van der Waals surface area contributed by atoms with E-state index in [9.17, 15) is 19.8 Å². The number of hydrogen-bond donors (Lipinski definition) is 3. The molecule has 0 aromatic rings. The van der Waals surface area contributed by atoms with Crippen molar-refractivity contribution in [2.45, 2.75) is 379 Å². The molecular weight excluding hydrogens is 947 g/mol. The van der Waals surface area contributed by atoms with Gasteiger partial charge in [-0.05, 0) is 89.9 Å². The van der Waals surface area contributed by atoms with Gasteiger partial charge in [0.05, 0.1) is 25.4 Å². The molecule has 0 rings (SSSR count). The maximum absolute atomic E-state index is 12.5. The van der Waals surface area contributed by atoms with Gasteiger partial charge >= 0.3 is 5.97 Å². The van der Waals surface area contributed by atoms with Gasteiger partial charge in [-0.3, -0.25) is 9.59 Å². The highest BCUT2D eigenvalue weighted by Gasteiger charge is 2.20. The van der Waals surface area contributed by atoms with Gasteiger partial charge in [0.1, 0.15) is 0 Å². The standard InChI is InChI=1S/C71H133NO5/c1-3-5-7-9-11-13-15-17-19-21-28-33-37-41-45-49-53-57-61-65-71(76)77-66-62-58-54-50-46-42-38-34-30-27-25-23-24-26-29-32-36-40-44-48-52-56-60-64-70(75)72-68(67-73)69(74)63-59-55-51-47-43-39-35-31-22-20-18-16-14-12-10-8-6-4-2/h11,13,17,19,23,25-26,29,68-69,73-74H,3-10,12,14-16,18,20-22,24,27-28,30-67H2,1-2H3,(H,72,75)/b13-11-,19-17-,25-23-,29-26-. The minimum atomic E-state index is -0.672. The molecule has 452 valence electrons. The minimum absolute atomic E-state index is 0.00353. The maximum atomic E-state index is 12.5. The quantitative estimate of drug-likeness (QED) is 0.0320. The van der Waals surface area contributed by atoms with Crippen molar-refractivity contribution >= 4 is 11.9 Å². The molecule has 2 atom stereocenters. The second kappa shape index (κ2) is 66.3. The van der Waals surface area contributed by atoms with Crippen LogP contribution >= 0.6 is 0 Å². The van der Waals surface area contributed by atoms with Crippen molar-refractivity contribution in [3.05, 3.63) is 48.6 Å². The summed E-state index contributed by atoms with van der Waals surface area (Å²) in [4.78, 5) is 24.6. The van der Waals surface area contributed by atoms with Crippen molar-refractivity contribution in [3.63, 3.8) is 0 Å². The number of nitrogens with one attached hydrogen (secondary N) is 1. The van der Waals surface area contributed by atoms with E-state index in [1.807, 2.05) is 0 Å². The Hall–Kier alpha value is -2.18. The summed E-state index contributed by atoms with van der Waals surface area (Å²) in [5, 5.41) is 23.4. The Morgan fingerprint density at radius 3 is 1.01 bits per heavy atom. The Bertz CT molecular complexity index is 1290. The molecule has 0 saturated carbocycles. The molecule has 1 amide bonds. The molecule has 0 aromatic carbocycles. The Kier molecular flexibility index (Phi) is 64.5. The molecule has 0 spiro atoms. The molecule has 2 unspecified atom stereocenters. The highest BCUT2D eigenvalue weighted by atomic mass is 16.5. The summed E-state index contributed by atoms with van der Waals surface area (Å²) in [6.45, 7) is 4.94. The lowest BCUT2D eigenvalue weighted by molar-refractivity contribution is -0.143. The average Bonchev–Trinajstić information content (AvgIpc) is 3.43. The number of rotatable bonds is 64. The Morgan fingerprint density at radius 2 is 0.649 bits per heavy atom. The first-order chi connectivity index (χ1) is 38.0. The molecule has 0 radical (unpaired) electrons. The normalized spacial score (nSPS) is 12.8. The molecule has 0 aliphatic carbocycles. The van der Waals surface area contributed by atoms with Crippen LogP contribution in [0.3, 0.4) is 0 Å². The van der Waals surface area contributed by atoms with Gasteiger partial charge in [-0.2, -0.15) is 0 Å². The average molecular weight is 1080 g/mol. The van der Waals surface area contributed by atoms with E-state index in [1.54, 1.807) is 0 Å². The van der Waals surface area contributed by atoms with Crippen molar-refractivity contribution in [1.82, 2.24) is 5.32 Å². The highest BCUT2D eigenvalue weighted by molar-refractivity contribution is 5.76. The van der Waals surface area contributed by atoms with E-state index in [4.69, 9.17) is 4.74 Å². The number of hydrogen-bond acceptors (Lipinski definition) is 5. The molecule has 0 heterocycles. The molecule has 77 heavy (non-hydrogen) atoms. The van der Waals surface area contributed by atoms with Crippen LogP contribution in [-0.2, 0) is 14.3 Å². The second-order valence-electron chi connectivity index (χ2n) is 23.5. The van der Waals surface area contributed by atoms with Crippen LogP contribution in [0, 0.1) is 0 Å². The summed E-state index contributed by atoms with van der Waals surface area (Å²) >= 11 is 0. The molecular formula is C71H133NO5. The summed E-state index contributed by atoms with van der Waals surface area (Å²) in [7, 11) is 0. The lowest BCUT2D eigenvalue weighted by Gasteiger charge is -2.22. The van der Waals surface area contributed by atoms with Crippen molar-refractivity contribution in [2.75, 3.05) is 13.2 Å². The molecule has 0 aliphatic rings. The van der Waals surface area contributed by atoms with Gasteiger partial charge in [0.2, 0.25) is 5.91 Å². The number of allylic oxidation sites excluding steroid dienone is 8. The fourth-order valence-electron chi connectivity index (χ4n) is 10.6. The van der Waals surface area contributed by atoms with Crippen LogP contribution in [0.25, 0.3) is 0 Å². The van der Waals surface area contributed by atoms with Gasteiger partial charge in [0.15, 0.2) is 0 Å². The first-order valence-electron chi connectivity index (χ1n) is 34.4. The van der Waals surface area contributed by atoms with Crippen LogP contribution in [-0.4, -0.2) is 47.4 Å². The topological polar surface area (TPSA) is 95.9 Å². The fourth-order valence-corrected chi connectivity index (χ4v) is 10.6. The van der Waals surface area contributed by atoms with Gasteiger partial charge < -0.3 is 20.3 Å². The minimum Gasteiger partial charge on any atom is -0.466 e. The van der Waals surface area contributed by atoms with E-state index < -0.39 is 12.1 Å². The van der Waals surface area contributed by atoms with Crippen molar-refractivity contribution in [3.8, 4) is 0 Å². The van der Waals surface area contributed by atoms with Crippen LogP contribution in [0.1, 0.15) is 367 Å². The summed E-state index contributed by atoms with van der Waals surface area (Å²) in [5.41, 5.74) is 0. The molecule has 0 saturated heterocycles. The number of unbranched alkanes of at least 4 members (excludes halogenated alkanes) is 45. The van der Waals surface area contributed by atoms with E-state index in [2.05, 4.69) is 67.8 Å². The summed E-state index contributed by atoms with van der Waals surface area (Å²) in [6.07, 6.45) is 85.7. The third-order valence-corrected chi connectivity index (χ3v) is 15.9. The lowest BCUT2D eigenvalue weighted by atomic mass is 10.0. The maximum Gasteiger partial charge on any atom is 0.305 e. The molecule has 0 fully saturated rings. The largest absolute Gasteiger partial charge is 0.466 e. The van der Waals surface area contributed by atoms with Crippen LogP contribution in [0.15, 0.2) is 48.6 Å². The highest BCUT2D eigenvalue weighted by Crippen LogP contribution is 2.18. The number of carbonyl (C=O) groups excluding carboxylic acids is 2. The first kappa shape index (κ1) is 74.8. The van der Waals surface area contributed by atoms with Gasteiger partial charge in [0, 0.05) is 12.8 Å². The SMILES string of the molecule is CCCCC/C=C\C/C=C\CCCCCCCCCCCC(=O)OCCCCCCCCCCC/C=C\C/C=C\CCCCCCCCCC(=O)NC(CO)C(O)CCCCCCCCCCCCCCCCCCCC. The molecule has 3 N–H and O–H groups in total. The van der Waals surface area contributed by atoms with Crippen molar-refractivity contribution < 1.29 is 24.5 Å². The van der Waals surface area contributed by atoms with Crippen LogP contribution in [0.5, 0.6) is 0 Å². The number of aliphatic hydroxyl groups is 2. The van der Waals surface area contributed by atoms with Crippen LogP contribution < -0.4 is 5.32 Å². The lowest BCUT2D eigenvalue weighted by Crippen LogP contribution is -2.45. The van der Waals surface area contributed by atoms with Gasteiger partial charge in [0.25, 0.3) is 0 Å². The Morgan fingerprint density at radius 1 is 0.364 bits per heavy atom. The monoisotopic (exact) mass is 1080 g/mol. The fraction of sp³-hybridized carbons (Fsp3) is 0.859. The number of esters is 1. The zero-order valence-electron chi connectivity index (χ0n) is 51.7. The predicted molar refractivity (Wildman–Crippen MR) is 338 cm³/mol. The van der Waals surface area contributed by atoms with E-state index >= 15 is 0 Å². The predicted octanol–water partition coefficient (Wildman–Crippen LogP) is 22.1. The van der Waals surface area contributed by atoms with Gasteiger partial charge in [-0.15, -0.1) is 0 Å². The van der Waals surface area contributed by atoms with Crippen molar-refractivity contribution in [1.29, 1.82) is 0 Å². The Balaban J connectivity index is 3.44. The molecule has 6 nitrogen and oxygen atoms in total. The van der Waals surface area contributed by atoms with E-state index in [0.717, 1.165) is 64.2 Å². The van der Waals surface area contributed by atoms with Crippen molar-refractivity contribution in [2.24, 2.45) is 0 Å².